The first-order chi connectivity index (χ1) is 9.92. The average Bonchev–Trinajstić information content (AvgIpc) is 2.90. The molecule has 2 aromatic carbocycles. The van der Waals surface area contributed by atoms with Crippen molar-refractivity contribution < 1.29 is 4.74 Å². The van der Waals surface area contributed by atoms with E-state index in [0.717, 1.165) is 18.8 Å². The van der Waals surface area contributed by atoms with Crippen LogP contribution in [0.5, 0.6) is 5.75 Å². The maximum atomic E-state index is 5.66. The Labute approximate surface area is 124 Å². The van der Waals surface area contributed by atoms with Gasteiger partial charge in [-0.2, -0.15) is 0 Å². The van der Waals surface area contributed by atoms with Crippen molar-refractivity contribution in [3.8, 4) is 5.75 Å². The summed E-state index contributed by atoms with van der Waals surface area (Å²) < 4.78 is 5.66. The van der Waals surface area contributed by atoms with Gasteiger partial charge in [-0.15, -0.1) is 11.8 Å². The van der Waals surface area contributed by atoms with Gasteiger partial charge in [-0.05, 0) is 30.2 Å². The van der Waals surface area contributed by atoms with Gasteiger partial charge in [-0.1, -0.05) is 36.4 Å². The standard InChI is InChI=1S/C17H19NOS/c1-2-7-15(8-3-1)19-11-10-18-13-16-12-14-6-4-5-9-17(14)20-16/h1-9,16,18H,10-13H2. The fraction of sp³-hybridized carbons (Fsp3) is 0.294. The summed E-state index contributed by atoms with van der Waals surface area (Å²) in [5.74, 6) is 0.942. The van der Waals surface area contributed by atoms with Crippen molar-refractivity contribution in [2.24, 2.45) is 0 Å². The molecular weight excluding hydrogens is 266 g/mol. The highest BCUT2D eigenvalue weighted by Crippen LogP contribution is 2.36. The highest BCUT2D eigenvalue weighted by molar-refractivity contribution is 8.00. The van der Waals surface area contributed by atoms with Gasteiger partial charge in [0.15, 0.2) is 0 Å². The van der Waals surface area contributed by atoms with E-state index in [2.05, 4.69) is 29.6 Å². The van der Waals surface area contributed by atoms with Gasteiger partial charge >= 0.3 is 0 Å². The van der Waals surface area contributed by atoms with E-state index in [1.807, 2.05) is 42.1 Å². The zero-order valence-corrected chi connectivity index (χ0v) is 12.2. The minimum atomic E-state index is 0.657. The van der Waals surface area contributed by atoms with Crippen LogP contribution in [-0.2, 0) is 6.42 Å². The predicted molar refractivity (Wildman–Crippen MR) is 84.6 cm³/mol. The van der Waals surface area contributed by atoms with Crippen LogP contribution in [0, 0.1) is 0 Å². The van der Waals surface area contributed by atoms with Crippen molar-refractivity contribution in [3.63, 3.8) is 0 Å². The molecule has 0 fully saturated rings. The Balaban J connectivity index is 1.34. The van der Waals surface area contributed by atoms with Gasteiger partial charge in [0.25, 0.3) is 0 Å². The van der Waals surface area contributed by atoms with Crippen LogP contribution in [0.25, 0.3) is 0 Å². The normalized spacial score (nSPS) is 16.9. The summed E-state index contributed by atoms with van der Waals surface area (Å²) in [6.45, 7) is 2.65. The number of benzene rings is 2. The molecule has 2 aromatic rings. The third-order valence-electron chi connectivity index (χ3n) is 3.38. The van der Waals surface area contributed by atoms with E-state index in [4.69, 9.17) is 4.74 Å². The number of nitrogens with one attached hydrogen (secondary N) is 1. The van der Waals surface area contributed by atoms with Gasteiger partial charge in [0.1, 0.15) is 12.4 Å². The first-order valence-electron chi connectivity index (χ1n) is 7.05. The lowest BCUT2D eigenvalue weighted by atomic mass is 10.1. The summed E-state index contributed by atoms with van der Waals surface area (Å²) >= 11 is 1.99. The number of thioether (sulfide) groups is 1. The molecule has 1 aliphatic heterocycles. The number of hydrogen-bond donors (Lipinski definition) is 1. The third-order valence-corrected chi connectivity index (χ3v) is 4.70. The monoisotopic (exact) mass is 285 g/mol. The van der Waals surface area contributed by atoms with Crippen LogP contribution in [-0.4, -0.2) is 24.9 Å². The topological polar surface area (TPSA) is 21.3 Å². The molecule has 2 nitrogen and oxygen atoms in total. The van der Waals surface area contributed by atoms with E-state index < -0.39 is 0 Å². The minimum Gasteiger partial charge on any atom is -0.492 e. The average molecular weight is 285 g/mol. The molecule has 0 radical (unpaired) electrons. The second-order valence-corrected chi connectivity index (χ2v) is 6.26. The maximum absolute atomic E-state index is 5.66. The third kappa shape index (κ3) is 3.56. The maximum Gasteiger partial charge on any atom is 0.119 e. The minimum absolute atomic E-state index is 0.657. The van der Waals surface area contributed by atoms with Gasteiger partial charge in [-0.3, -0.25) is 0 Å². The molecule has 1 N–H and O–H groups in total. The number of para-hydroxylation sites is 1. The van der Waals surface area contributed by atoms with Crippen LogP contribution in [0.2, 0.25) is 0 Å². The Bertz CT molecular complexity index is 519. The summed E-state index contributed by atoms with van der Waals surface area (Å²) in [6.07, 6.45) is 1.17. The number of ether oxygens (including phenoxy) is 1. The molecule has 0 amide bonds. The summed E-state index contributed by atoms with van der Waals surface area (Å²) in [6, 6.07) is 18.7. The zero-order valence-electron chi connectivity index (χ0n) is 11.4. The lowest BCUT2D eigenvalue weighted by Crippen LogP contribution is -2.28. The van der Waals surface area contributed by atoms with Crippen LogP contribution in [0.15, 0.2) is 59.5 Å². The fourth-order valence-corrected chi connectivity index (χ4v) is 3.67. The van der Waals surface area contributed by atoms with Gasteiger partial charge < -0.3 is 10.1 Å². The Hall–Kier alpha value is -1.45. The molecule has 1 aliphatic rings. The first-order valence-corrected chi connectivity index (χ1v) is 7.93. The van der Waals surface area contributed by atoms with Crippen LogP contribution in [0.3, 0.4) is 0 Å². The molecule has 0 spiro atoms. The van der Waals surface area contributed by atoms with E-state index in [-0.39, 0.29) is 0 Å². The van der Waals surface area contributed by atoms with E-state index in [1.54, 1.807) is 0 Å². The van der Waals surface area contributed by atoms with Crippen molar-refractivity contribution in [2.45, 2.75) is 16.6 Å². The molecule has 1 heterocycles. The molecule has 0 saturated carbocycles. The SMILES string of the molecule is c1ccc(OCCNCC2Cc3ccccc3S2)cc1. The largest absolute Gasteiger partial charge is 0.492 e. The second kappa shape index (κ2) is 6.82. The van der Waals surface area contributed by atoms with Gasteiger partial charge in [0, 0.05) is 23.2 Å². The lowest BCUT2D eigenvalue weighted by molar-refractivity contribution is 0.314. The first kappa shape index (κ1) is 13.5. The molecule has 0 aromatic heterocycles. The van der Waals surface area contributed by atoms with Gasteiger partial charge in [0.05, 0.1) is 0 Å². The van der Waals surface area contributed by atoms with E-state index in [9.17, 15) is 0 Å². The number of fused-ring (bicyclic) bond motifs is 1. The molecule has 1 unspecified atom stereocenters. The molecule has 3 heteroatoms. The van der Waals surface area contributed by atoms with Crippen LogP contribution >= 0.6 is 11.8 Å². The number of hydrogen-bond acceptors (Lipinski definition) is 3. The van der Waals surface area contributed by atoms with E-state index in [0.29, 0.717) is 11.9 Å². The van der Waals surface area contributed by atoms with Gasteiger partial charge in [-0.25, -0.2) is 0 Å². The second-order valence-electron chi connectivity index (χ2n) is 4.92. The van der Waals surface area contributed by atoms with E-state index >= 15 is 0 Å². The smallest absolute Gasteiger partial charge is 0.119 e. The highest BCUT2D eigenvalue weighted by Gasteiger charge is 2.20. The Morgan fingerprint density at radius 3 is 2.70 bits per heavy atom. The van der Waals surface area contributed by atoms with Gasteiger partial charge in [0.2, 0.25) is 0 Å². The summed E-state index contributed by atoms with van der Waals surface area (Å²) in [7, 11) is 0. The summed E-state index contributed by atoms with van der Waals surface area (Å²) in [5.41, 5.74) is 1.49. The lowest BCUT2D eigenvalue weighted by Gasteiger charge is -2.11. The van der Waals surface area contributed by atoms with Crippen molar-refractivity contribution in [1.82, 2.24) is 5.32 Å². The Morgan fingerprint density at radius 2 is 1.85 bits per heavy atom. The molecule has 1 atom stereocenters. The molecule has 0 bridgehead atoms. The van der Waals surface area contributed by atoms with E-state index in [1.165, 1.54) is 16.9 Å². The quantitative estimate of drug-likeness (QED) is 0.822. The summed E-state index contributed by atoms with van der Waals surface area (Å²) in [5, 5.41) is 4.14. The zero-order chi connectivity index (χ0) is 13.6. The molecular formula is C17H19NOS. The number of rotatable bonds is 6. The van der Waals surface area contributed by atoms with Crippen LogP contribution in [0.4, 0.5) is 0 Å². The van der Waals surface area contributed by atoms with Crippen molar-refractivity contribution in [3.05, 3.63) is 60.2 Å². The molecule has 104 valence electrons. The molecule has 3 rings (SSSR count). The van der Waals surface area contributed by atoms with Crippen molar-refractivity contribution in [1.29, 1.82) is 0 Å². The van der Waals surface area contributed by atoms with Crippen LogP contribution < -0.4 is 10.1 Å². The van der Waals surface area contributed by atoms with Crippen LogP contribution in [0.1, 0.15) is 5.56 Å². The summed E-state index contributed by atoms with van der Waals surface area (Å²) in [4.78, 5) is 1.44. The molecule has 20 heavy (non-hydrogen) atoms. The Morgan fingerprint density at radius 1 is 1.05 bits per heavy atom. The van der Waals surface area contributed by atoms with Crippen molar-refractivity contribution >= 4 is 11.8 Å². The molecule has 0 saturated heterocycles. The Kier molecular flexibility index (Phi) is 4.61. The fourth-order valence-electron chi connectivity index (χ4n) is 2.39. The predicted octanol–water partition coefficient (Wildman–Crippen LogP) is 3.37. The highest BCUT2D eigenvalue weighted by atomic mass is 32.2. The van der Waals surface area contributed by atoms with Crippen molar-refractivity contribution in [2.75, 3.05) is 19.7 Å². The molecule has 0 aliphatic carbocycles.